The Morgan fingerprint density at radius 1 is 1.38 bits per heavy atom. The van der Waals surface area contributed by atoms with Gasteiger partial charge in [0.25, 0.3) is 0 Å². The highest BCUT2D eigenvalue weighted by Gasteiger charge is 2.20. The lowest BCUT2D eigenvalue weighted by Crippen LogP contribution is -2.37. The minimum absolute atomic E-state index is 0.151. The van der Waals surface area contributed by atoms with E-state index in [1.54, 1.807) is 11.3 Å². The molecule has 2 heterocycles. The number of hydrogen-bond acceptors (Lipinski definition) is 4. The minimum atomic E-state index is 0.151. The Morgan fingerprint density at radius 3 is 2.71 bits per heavy atom. The normalized spacial score (nSPS) is 11.3. The summed E-state index contributed by atoms with van der Waals surface area (Å²) in [7, 11) is 0. The first kappa shape index (κ1) is 15.8. The summed E-state index contributed by atoms with van der Waals surface area (Å²) in [5.41, 5.74) is 0.796. The molecule has 0 spiro atoms. The zero-order chi connectivity index (χ0) is 15.4. The zero-order valence-electron chi connectivity index (χ0n) is 13.0. The summed E-state index contributed by atoms with van der Waals surface area (Å²) in [5.74, 6) is 1.29. The number of nitrogens with zero attached hydrogens (tertiary/aromatic N) is 2. The third-order valence-corrected chi connectivity index (χ3v) is 4.07. The number of thiophene rings is 1. The Kier molecular flexibility index (Phi) is 5.17. The van der Waals surface area contributed by atoms with E-state index in [2.05, 4.69) is 19.0 Å². The van der Waals surface area contributed by atoms with Crippen molar-refractivity contribution in [2.24, 2.45) is 5.92 Å². The van der Waals surface area contributed by atoms with E-state index in [1.165, 1.54) is 0 Å². The topological polar surface area (TPSA) is 46.3 Å². The minimum Gasteiger partial charge on any atom is -0.355 e. The molecule has 0 radical (unpaired) electrons. The van der Waals surface area contributed by atoms with Gasteiger partial charge in [-0.2, -0.15) is 0 Å². The molecule has 0 aliphatic rings. The summed E-state index contributed by atoms with van der Waals surface area (Å²) in [6.07, 6.45) is 0.563. The molecule has 0 aromatic carbocycles. The molecule has 2 aromatic rings. The fraction of sp³-hybridized carbons (Fsp3) is 0.500. The van der Waals surface area contributed by atoms with Gasteiger partial charge in [-0.15, -0.1) is 11.3 Å². The molecule has 4 nitrogen and oxygen atoms in total. The zero-order valence-corrected chi connectivity index (χ0v) is 13.8. The Labute approximate surface area is 129 Å². The van der Waals surface area contributed by atoms with Gasteiger partial charge in [0.05, 0.1) is 11.4 Å². The summed E-state index contributed by atoms with van der Waals surface area (Å²) >= 11 is 1.61. The Hall–Kier alpha value is -1.62. The van der Waals surface area contributed by atoms with Crippen LogP contribution in [-0.2, 0) is 11.3 Å². The summed E-state index contributed by atoms with van der Waals surface area (Å²) in [5, 5.41) is 6.10. The van der Waals surface area contributed by atoms with Gasteiger partial charge in [-0.3, -0.25) is 4.79 Å². The van der Waals surface area contributed by atoms with Gasteiger partial charge in [0.2, 0.25) is 5.91 Å². The van der Waals surface area contributed by atoms with Gasteiger partial charge in [-0.05, 0) is 31.2 Å². The van der Waals surface area contributed by atoms with E-state index in [0.29, 0.717) is 18.9 Å². The third-order valence-electron chi connectivity index (χ3n) is 3.18. The molecule has 2 aromatic heterocycles. The lowest BCUT2D eigenvalue weighted by molar-refractivity contribution is -0.134. The highest BCUT2D eigenvalue weighted by molar-refractivity contribution is 7.13. The molecule has 0 bridgehead atoms. The predicted octanol–water partition coefficient (Wildman–Crippen LogP) is 4.19. The molecule has 0 fully saturated rings. The van der Waals surface area contributed by atoms with Gasteiger partial charge in [0.15, 0.2) is 5.76 Å². The van der Waals surface area contributed by atoms with Crippen molar-refractivity contribution < 1.29 is 9.32 Å². The molecule has 114 valence electrons. The van der Waals surface area contributed by atoms with Crippen molar-refractivity contribution >= 4 is 17.2 Å². The number of rotatable bonds is 6. The quantitative estimate of drug-likeness (QED) is 0.804. The second kappa shape index (κ2) is 6.89. The number of hydrogen-bond donors (Lipinski definition) is 0. The average molecular weight is 306 g/mol. The lowest BCUT2D eigenvalue weighted by Gasteiger charge is -2.26. The summed E-state index contributed by atoms with van der Waals surface area (Å²) in [4.78, 5) is 15.2. The van der Waals surface area contributed by atoms with Crippen molar-refractivity contribution in [1.82, 2.24) is 10.1 Å². The van der Waals surface area contributed by atoms with Crippen LogP contribution in [0.4, 0.5) is 0 Å². The van der Waals surface area contributed by atoms with E-state index in [4.69, 9.17) is 4.52 Å². The fourth-order valence-corrected chi connectivity index (χ4v) is 2.79. The number of carbonyl (C=O) groups is 1. The van der Waals surface area contributed by atoms with Crippen LogP contribution in [0.1, 0.15) is 39.8 Å². The molecule has 0 saturated heterocycles. The van der Waals surface area contributed by atoms with Crippen molar-refractivity contribution in [2.75, 3.05) is 0 Å². The standard InChI is InChI=1S/C16H22N2O2S/c1-11(2)8-16(19)18(12(3)4)10-13-9-14(20-17-13)15-6-5-7-21-15/h5-7,9,11-12H,8,10H2,1-4H3. The molecule has 0 unspecified atom stereocenters. The first-order chi connectivity index (χ1) is 9.97. The van der Waals surface area contributed by atoms with Crippen molar-refractivity contribution in [3.8, 4) is 10.6 Å². The number of amides is 1. The van der Waals surface area contributed by atoms with Gasteiger partial charge in [-0.25, -0.2) is 0 Å². The van der Waals surface area contributed by atoms with E-state index >= 15 is 0 Å². The highest BCUT2D eigenvalue weighted by atomic mass is 32.1. The van der Waals surface area contributed by atoms with Crippen LogP contribution in [0.25, 0.3) is 10.6 Å². The first-order valence-corrected chi connectivity index (χ1v) is 8.14. The van der Waals surface area contributed by atoms with Gasteiger partial charge < -0.3 is 9.42 Å². The molecular formula is C16H22N2O2S. The Morgan fingerprint density at radius 2 is 2.14 bits per heavy atom. The number of aromatic nitrogens is 1. The van der Waals surface area contributed by atoms with E-state index in [1.807, 2.05) is 42.3 Å². The van der Waals surface area contributed by atoms with Crippen molar-refractivity contribution in [3.05, 3.63) is 29.3 Å². The second-order valence-electron chi connectivity index (χ2n) is 5.87. The maximum atomic E-state index is 12.3. The predicted molar refractivity (Wildman–Crippen MR) is 85.0 cm³/mol. The molecule has 0 atom stereocenters. The second-order valence-corrected chi connectivity index (χ2v) is 6.82. The van der Waals surface area contributed by atoms with Crippen molar-refractivity contribution in [2.45, 2.75) is 46.7 Å². The first-order valence-electron chi connectivity index (χ1n) is 7.26. The van der Waals surface area contributed by atoms with E-state index in [-0.39, 0.29) is 11.9 Å². The van der Waals surface area contributed by atoms with E-state index in [0.717, 1.165) is 16.3 Å². The number of carbonyl (C=O) groups excluding carboxylic acids is 1. The highest BCUT2D eigenvalue weighted by Crippen LogP contribution is 2.25. The van der Waals surface area contributed by atoms with E-state index < -0.39 is 0 Å². The monoisotopic (exact) mass is 306 g/mol. The van der Waals surface area contributed by atoms with Crippen molar-refractivity contribution in [3.63, 3.8) is 0 Å². The van der Waals surface area contributed by atoms with Crippen LogP contribution in [0, 0.1) is 5.92 Å². The Balaban J connectivity index is 2.09. The largest absolute Gasteiger partial charge is 0.355 e. The maximum absolute atomic E-state index is 12.3. The van der Waals surface area contributed by atoms with Crippen molar-refractivity contribution in [1.29, 1.82) is 0 Å². The van der Waals surface area contributed by atoms with Gasteiger partial charge in [-0.1, -0.05) is 25.1 Å². The molecule has 5 heteroatoms. The molecule has 0 N–H and O–H groups in total. The summed E-state index contributed by atoms with van der Waals surface area (Å²) in [6, 6.07) is 6.05. The van der Waals surface area contributed by atoms with Gasteiger partial charge in [0.1, 0.15) is 5.69 Å². The van der Waals surface area contributed by atoms with Crippen LogP contribution >= 0.6 is 11.3 Å². The summed E-state index contributed by atoms with van der Waals surface area (Å²) in [6.45, 7) is 8.66. The average Bonchev–Trinajstić information content (AvgIpc) is 3.05. The SMILES string of the molecule is CC(C)CC(=O)N(Cc1cc(-c2cccs2)on1)C(C)C. The molecule has 0 saturated carbocycles. The van der Waals surface area contributed by atoms with Crippen LogP contribution < -0.4 is 0 Å². The van der Waals surface area contributed by atoms with Crippen LogP contribution in [-0.4, -0.2) is 22.0 Å². The molecule has 1 amide bonds. The third kappa shape index (κ3) is 4.17. The van der Waals surface area contributed by atoms with Crippen LogP contribution in [0.3, 0.4) is 0 Å². The van der Waals surface area contributed by atoms with E-state index in [9.17, 15) is 4.79 Å². The molecular weight excluding hydrogens is 284 g/mol. The fourth-order valence-electron chi connectivity index (χ4n) is 2.12. The molecule has 0 aliphatic heterocycles. The smallest absolute Gasteiger partial charge is 0.223 e. The maximum Gasteiger partial charge on any atom is 0.223 e. The van der Waals surface area contributed by atoms with Crippen LogP contribution in [0.5, 0.6) is 0 Å². The molecule has 2 rings (SSSR count). The summed E-state index contributed by atoms with van der Waals surface area (Å²) < 4.78 is 5.37. The lowest BCUT2D eigenvalue weighted by atomic mass is 10.1. The van der Waals surface area contributed by atoms with Crippen LogP contribution in [0.2, 0.25) is 0 Å². The molecule has 0 aliphatic carbocycles. The van der Waals surface area contributed by atoms with Gasteiger partial charge >= 0.3 is 0 Å². The molecule has 21 heavy (non-hydrogen) atoms. The van der Waals surface area contributed by atoms with Gasteiger partial charge in [0, 0.05) is 18.5 Å². The van der Waals surface area contributed by atoms with Crippen LogP contribution in [0.15, 0.2) is 28.1 Å². The Bertz CT molecular complexity index is 573.